The Balaban J connectivity index is 2.05. The van der Waals surface area contributed by atoms with Gasteiger partial charge in [0.15, 0.2) is 0 Å². The van der Waals surface area contributed by atoms with Gasteiger partial charge in [-0.25, -0.2) is 0 Å². The molecule has 15 heavy (non-hydrogen) atoms. The third-order valence-corrected chi connectivity index (χ3v) is 2.39. The summed E-state index contributed by atoms with van der Waals surface area (Å²) in [5.74, 6) is -0.238. The van der Waals surface area contributed by atoms with Gasteiger partial charge in [-0.05, 0) is 19.3 Å². The van der Waals surface area contributed by atoms with Crippen LogP contribution in [0.3, 0.4) is 0 Å². The summed E-state index contributed by atoms with van der Waals surface area (Å²) >= 11 is 0. The van der Waals surface area contributed by atoms with E-state index >= 15 is 0 Å². The lowest BCUT2D eigenvalue weighted by Crippen LogP contribution is -2.32. The van der Waals surface area contributed by atoms with Crippen molar-refractivity contribution in [2.24, 2.45) is 0 Å². The molecule has 0 heterocycles. The largest absolute Gasteiger partial charge is 0.469 e. The van der Waals surface area contributed by atoms with Gasteiger partial charge in [-0.3, -0.25) is 9.59 Å². The number of nitrogens with one attached hydrogen (secondary N) is 1. The Bertz CT molecular complexity index is 253. The molecule has 0 unspecified atom stereocenters. The first-order chi connectivity index (χ1) is 7.22. The summed E-state index contributed by atoms with van der Waals surface area (Å²) in [4.78, 5) is 22.2. The highest BCUT2D eigenvalue weighted by molar-refractivity contribution is 5.77. The Morgan fingerprint density at radius 3 is 2.60 bits per heavy atom. The number of amides is 1. The van der Waals surface area contributed by atoms with Gasteiger partial charge in [0.25, 0.3) is 0 Å². The fourth-order valence-electron chi connectivity index (χ4n) is 1.53. The molecule has 1 aliphatic carbocycles. The zero-order valence-electron chi connectivity index (χ0n) is 8.99. The number of carbonyl (C=O) groups is 2. The predicted molar refractivity (Wildman–Crippen MR) is 56.2 cm³/mol. The van der Waals surface area contributed by atoms with E-state index in [1.165, 1.54) is 7.11 Å². The molecular formula is C11H17NO3. The quantitative estimate of drug-likeness (QED) is 0.548. The lowest BCUT2D eigenvalue weighted by molar-refractivity contribution is -0.140. The Morgan fingerprint density at radius 1 is 1.33 bits per heavy atom. The molecule has 1 amide bonds. The monoisotopic (exact) mass is 211 g/mol. The summed E-state index contributed by atoms with van der Waals surface area (Å²) < 4.78 is 4.48. The van der Waals surface area contributed by atoms with Crippen molar-refractivity contribution in [3.63, 3.8) is 0 Å². The van der Waals surface area contributed by atoms with Crippen molar-refractivity contribution < 1.29 is 14.3 Å². The Hall–Kier alpha value is -1.32. The minimum atomic E-state index is -0.259. The topological polar surface area (TPSA) is 55.4 Å². The number of methoxy groups -OCH3 is 1. The van der Waals surface area contributed by atoms with Crippen LogP contribution < -0.4 is 5.32 Å². The van der Waals surface area contributed by atoms with Crippen LogP contribution in [-0.2, 0) is 14.3 Å². The summed E-state index contributed by atoms with van der Waals surface area (Å²) in [5, 5.41) is 2.92. The molecule has 0 atom stereocenters. The molecular weight excluding hydrogens is 194 g/mol. The Morgan fingerprint density at radius 2 is 2.00 bits per heavy atom. The highest BCUT2D eigenvalue weighted by Gasteiger charge is 2.13. The molecule has 0 saturated heterocycles. The van der Waals surface area contributed by atoms with Gasteiger partial charge in [-0.1, -0.05) is 12.2 Å². The Kier molecular flexibility index (Phi) is 4.87. The molecule has 0 aliphatic heterocycles. The van der Waals surface area contributed by atoms with Crippen molar-refractivity contribution in [2.75, 3.05) is 7.11 Å². The summed E-state index contributed by atoms with van der Waals surface area (Å²) in [6.45, 7) is 0. The predicted octanol–water partition coefficient (Wildman–Crippen LogP) is 1.16. The molecule has 84 valence electrons. The molecule has 0 radical (unpaired) electrons. The van der Waals surface area contributed by atoms with Crippen LogP contribution in [0.5, 0.6) is 0 Å². The molecule has 0 spiro atoms. The molecule has 0 aromatic rings. The third-order valence-electron chi connectivity index (χ3n) is 2.39. The van der Waals surface area contributed by atoms with Crippen molar-refractivity contribution in [1.29, 1.82) is 0 Å². The van der Waals surface area contributed by atoms with E-state index in [0.717, 1.165) is 12.8 Å². The SMILES string of the molecule is COC(=O)CCCC(=O)NC1CC=CC1. The van der Waals surface area contributed by atoms with Crippen LogP contribution in [0.25, 0.3) is 0 Å². The molecule has 1 N–H and O–H groups in total. The van der Waals surface area contributed by atoms with Gasteiger partial charge >= 0.3 is 5.97 Å². The van der Waals surface area contributed by atoms with Crippen LogP contribution >= 0.6 is 0 Å². The first-order valence-corrected chi connectivity index (χ1v) is 5.23. The maximum absolute atomic E-state index is 11.4. The molecule has 0 aromatic heterocycles. The van der Waals surface area contributed by atoms with E-state index < -0.39 is 0 Å². The summed E-state index contributed by atoms with van der Waals surface area (Å²) in [6.07, 6.45) is 7.24. The van der Waals surface area contributed by atoms with Crippen molar-refractivity contribution in [3.05, 3.63) is 12.2 Å². The van der Waals surface area contributed by atoms with E-state index in [1.54, 1.807) is 0 Å². The number of ether oxygens (including phenoxy) is 1. The minimum Gasteiger partial charge on any atom is -0.469 e. The van der Waals surface area contributed by atoms with Crippen LogP contribution in [0, 0.1) is 0 Å². The van der Waals surface area contributed by atoms with Crippen LogP contribution in [0.4, 0.5) is 0 Å². The lowest BCUT2D eigenvalue weighted by atomic mass is 10.2. The summed E-state index contributed by atoms with van der Waals surface area (Å²) in [7, 11) is 1.35. The average molecular weight is 211 g/mol. The highest BCUT2D eigenvalue weighted by atomic mass is 16.5. The summed E-state index contributed by atoms with van der Waals surface area (Å²) in [5.41, 5.74) is 0. The van der Waals surface area contributed by atoms with Gasteiger partial charge < -0.3 is 10.1 Å². The zero-order valence-corrected chi connectivity index (χ0v) is 8.99. The standard InChI is InChI=1S/C11H17NO3/c1-15-11(14)8-4-7-10(13)12-9-5-2-3-6-9/h2-3,9H,4-8H2,1H3,(H,12,13). The molecule has 4 heteroatoms. The van der Waals surface area contributed by atoms with E-state index in [2.05, 4.69) is 22.2 Å². The van der Waals surface area contributed by atoms with Crippen LogP contribution in [-0.4, -0.2) is 25.0 Å². The molecule has 0 fully saturated rings. The van der Waals surface area contributed by atoms with Crippen LogP contribution in [0.15, 0.2) is 12.2 Å². The first-order valence-electron chi connectivity index (χ1n) is 5.23. The smallest absolute Gasteiger partial charge is 0.305 e. The van der Waals surface area contributed by atoms with Gasteiger partial charge in [0, 0.05) is 18.9 Å². The maximum atomic E-state index is 11.4. The Labute approximate surface area is 89.7 Å². The van der Waals surface area contributed by atoms with E-state index in [4.69, 9.17) is 0 Å². The van der Waals surface area contributed by atoms with Gasteiger partial charge in [-0.2, -0.15) is 0 Å². The highest BCUT2D eigenvalue weighted by Crippen LogP contribution is 2.09. The summed E-state index contributed by atoms with van der Waals surface area (Å²) in [6, 6.07) is 0.260. The van der Waals surface area contributed by atoms with Gasteiger partial charge in [0.2, 0.25) is 5.91 Å². The van der Waals surface area contributed by atoms with Crippen molar-refractivity contribution in [2.45, 2.75) is 38.1 Å². The first kappa shape index (κ1) is 11.8. The van der Waals surface area contributed by atoms with Crippen LogP contribution in [0.2, 0.25) is 0 Å². The zero-order chi connectivity index (χ0) is 11.1. The fraction of sp³-hybridized carbons (Fsp3) is 0.636. The van der Waals surface area contributed by atoms with Crippen molar-refractivity contribution in [1.82, 2.24) is 5.32 Å². The molecule has 4 nitrogen and oxygen atoms in total. The number of rotatable bonds is 5. The number of hydrogen-bond acceptors (Lipinski definition) is 3. The normalized spacial score (nSPS) is 15.3. The van der Waals surface area contributed by atoms with Crippen LogP contribution in [0.1, 0.15) is 32.1 Å². The number of carbonyl (C=O) groups excluding carboxylic acids is 2. The third kappa shape index (κ3) is 4.63. The van der Waals surface area contributed by atoms with E-state index in [-0.39, 0.29) is 17.9 Å². The second-order valence-electron chi connectivity index (χ2n) is 3.64. The fourth-order valence-corrected chi connectivity index (χ4v) is 1.53. The van der Waals surface area contributed by atoms with Crippen molar-refractivity contribution in [3.8, 4) is 0 Å². The van der Waals surface area contributed by atoms with Gasteiger partial charge in [-0.15, -0.1) is 0 Å². The molecule has 1 rings (SSSR count). The van der Waals surface area contributed by atoms with Crippen molar-refractivity contribution >= 4 is 11.9 Å². The minimum absolute atomic E-state index is 0.0209. The van der Waals surface area contributed by atoms with E-state index in [0.29, 0.717) is 19.3 Å². The second kappa shape index (κ2) is 6.22. The van der Waals surface area contributed by atoms with Gasteiger partial charge in [0.05, 0.1) is 7.11 Å². The number of esters is 1. The molecule has 0 aromatic carbocycles. The molecule has 1 aliphatic rings. The van der Waals surface area contributed by atoms with E-state index in [1.807, 2.05) is 0 Å². The average Bonchev–Trinajstić information content (AvgIpc) is 2.70. The lowest BCUT2D eigenvalue weighted by Gasteiger charge is -2.11. The number of hydrogen-bond donors (Lipinski definition) is 1. The second-order valence-corrected chi connectivity index (χ2v) is 3.64. The molecule has 0 bridgehead atoms. The molecule has 0 saturated carbocycles. The van der Waals surface area contributed by atoms with Gasteiger partial charge in [0.1, 0.15) is 0 Å². The van der Waals surface area contributed by atoms with E-state index in [9.17, 15) is 9.59 Å². The maximum Gasteiger partial charge on any atom is 0.305 e.